The van der Waals surface area contributed by atoms with E-state index < -0.39 is 0 Å². The van der Waals surface area contributed by atoms with Gasteiger partial charge in [-0.15, -0.1) is 0 Å². The lowest BCUT2D eigenvalue weighted by molar-refractivity contribution is 0.212. The Bertz CT molecular complexity index is 581. The second kappa shape index (κ2) is 6.35. The van der Waals surface area contributed by atoms with Crippen LogP contribution in [0.1, 0.15) is 49.5 Å². The van der Waals surface area contributed by atoms with Gasteiger partial charge >= 0.3 is 0 Å². The average molecular weight is 289 g/mol. The molecule has 4 nitrogen and oxygen atoms in total. The minimum absolute atomic E-state index is 0.190. The van der Waals surface area contributed by atoms with Gasteiger partial charge in [0.15, 0.2) is 5.82 Å². The molecule has 0 amide bonds. The summed E-state index contributed by atoms with van der Waals surface area (Å²) >= 11 is 0. The van der Waals surface area contributed by atoms with Crippen molar-refractivity contribution in [2.45, 2.75) is 45.2 Å². The van der Waals surface area contributed by atoms with Gasteiger partial charge in [-0.2, -0.15) is 4.98 Å². The van der Waals surface area contributed by atoms with Gasteiger partial charge in [0.2, 0.25) is 5.89 Å². The van der Waals surface area contributed by atoms with Crippen molar-refractivity contribution in [3.63, 3.8) is 0 Å². The maximum Gasteiger partial charge on any atom is 0.240 e. The fourth-order valence-corrected chi connectivity index (χ4v) is 2.93. The van der Waals surface area contributed by atoms with Crippen LogP contribution in [0, 0.1) is 5.82 Å². The largest absolute Gasteiger partial charge is 0.338 e. The Kier molecular flexibility index (Phi) is 4.29. The van der Waals surface area contributed by atoms with Crippen molar-refractivity contribution in [2.75, 3.05) is 6.54 Å². The highest BCUT2D eigenvalue weighted by atomic mass is 19.1. The van der Waals surface area contributed by atoms with E-state index in [0.29, 0.717) is 18.5 Å². The zero-order valence-electron chi connectivity index (χ0n) is 12.3. The van der Waals surface area contributed by atoms with Crippen molar-refractivity contribution in [3.8, 4) is 0 Å². The molecule has 5 heteroatoms. The van der Waals surface area contributed by atoms with Crippen LogP contribution in [0.5, 0.6) is 0 Å². The normalized spacial score (nSPS) is 19.2. The Morgan fingerprint density at radius 2 is 2.14 bits per heavy atom. The molecule has 0 bridgehead atoms. The summed E-state index contributed by atoms with van der Waals surface area (Å²) in [7, 11) is 0. The van der Waals surface area contributed by atoms with Crippen molar-refractivity contribution < 1.29 is 8.91 Å². The zero-order chi connectivity index (χ0) is 14.7. The van der Waals surface area contributed by atoms with Crippen molar-refractivity contribution in [1.29, 1.82) is 0 Å². The molecule has 1 fully saturated rings. The van der Waals surface area contributed by atoms with E-state index in [4.69, 9.17) is 4.52 Å². The number of benzene rings is 1. The average Bonchev–Trinajstić information content (AvgIpc) is 3.11. The van der Waals surface area contributed by atoms with Gasteiger partial charge < -0.3 is 4.52 Å². The summed E-state index contributed by atoms with van der Waals surface area (Å²) in [5.41, 5.74) is 1.15. The van der Waals surface area contributed by atoms with Crippen LogP contribution in [-0.2, 0) is 13.0 Å². The molecule has 1 saturated heterocycles. The Labute approximate surface area is 124 Å². The quantitative estimate of drug-likeness (QED) is 0.845. The molecule has 0 radical (unpaired) electrons. The van der Waals surface area contributed by atoms with Crippen molar-refractivity contribution >= 4 is 0 Å². The summed E-state index contributed by atoms with van der Waals surface area (Å²) in [4.78, 5) is 6.76. The van der Waals surface area contributed by atoms with Crippen molar-refractivity contribution in [3.05, 3.63) is 47.4 Å². The molecule has 0 N–H and O–H groups in total. The molecular weight excluding hydrogens is 269 g/mol. The molecule has 1 aliphatic rings. The van der Waals surface area contributed by atoms with E-state index in [1.54, 1.807) is 0 Å². The summed E-state index contributed by atoms with van der Waals surface area (Å²) in [5, 5.41) is 3.99. The Morgan fingerprint density at radius 3 is 2.90 bits per heavy atom. The highest BCUT2D eigenvalue weighted by Gasteiger charge is 2.27. The van der Waals surface area contributed by atoms with Crippen LogP contribution in [0.15, 0.2) is 28.8 Å². The minimum atomic E-state index is -0.190. The Balaban J connectivity index is 1.70. The van der Waals surface area contributed by atoms with Crippen LogP contribution in [0.2, 0.25) is 0 Å². The van der Waals surface area contributed by atoms with Crippen LogP contribution in [-0.4, -0.2) is 21.6 Å². The first-order valence-corrected chi connectivity index (χ1v) is 7.57. The summed E-state index contributed by atoms with van der Waals surface area (Å²) in [6.07, 6.45) is 4.09. The number of hydrogen-bond donors (Lipinski definition) is 0. The molecule has 21 heavy (non-hydrogen) atoms. The van der Waals surface area contributed by atoms with Crippen LogP contribution in [0.25, 0.3) is 0 Å². The summed E-state index contributed by atoms with van der Waals surface area (Å²) in [6.45, 7) is 3.77. The van der Waals surface area contributed by atoms with Gasteiger partial charge in [-0.05, 0) is 43.5 Å². The van der Waals surface area contributed by atoms with Gasteiger partial charge in [0, 0.05) is 12.5 Å². The smallest absolute Gasteiger partial charge is 0.240 e. The molecule has 0 spiro atoms. The zero-order valence-corrected chi connectivity index (χ0v) is 12.3. The Hall–Kier alpha value is -1.75. The maximum atomic E-state index is 13.0. The number of nitrogens with zero attached hydrogens (tertiary/aromatic N) is 3. The predicted octanol–water partition coefficient (Wildman–Crippen LogP) is 3.50. The molecule has 0 saturated carbocycles. The van der Waals surface area contributed by atoms with Crippen LogP contribution in [0.3, 0.4) is 0 Å². The first-order valence-electron chi connectivity index (χ1n) is 7.57. The third-order valence-electron chi connectivity index (χ3n) is 3.94. The highest BCUT2D eigenvalue weighted by Crippen LogP contribution is 2.32. The highest BCUT2D eigenvalue weighted by molar-refractivity contribution is 5.21. The van der Waals surface area contributed by atoms with Gasteiger partial charge in [-0.1, -0.05) is 24.2 Å². The van der Waals surface area contributed by atoms with E-state index in [1.165, 1.54) is 12.1 Å². The lowest BCUT2D eigenvalue weighted by Crippen LogP contribution is -2.23. The molecular formula is C16H20FN3O. The van der Waals surface area contributed by atoms with E-state index in [9.17, 15) is 4.39 Å². The lowest BCUT2D eigenvalue weighted by atomic mass is 10.0. The molecule has 1 aliphatic heterocycles. The van der Waals surface area contributed by atoms with Crippen LogP contribution in [0.4, 0.5) is 4.39 Å². The fraction of sp³-hybridized carbons (Fsp3) is 0.500. The third-order valence-corrected chi connectivity index (χ3v) is 3.94. The van der Waals surface area contributed by atoms with Gasteiger partial charge in [0.1, 0.15) is 5.82 Å². The SMILES string of the molecule is CCCc1noc(CN2CCCC2c2ccc(F)cc2)n1. The standard InChI is InChI=1S/C16H20FN3O/c1-2-4-15-18-16(21-19-15)11-20-10-3-5-14(20)12-6-8-13(17)9-7-12/h6-9,14H,2-5,10-11H2,1H3. The van der Waals surface area contributed by atoms with Gasteiger partial charge in [-0.3, -0.25) is 4.90 Å². The number of likely N-dealkylation sites (tertiary alicyclic amines) is 1. The van der Waals surface area contributed by atoms with Crippen LogP contribution < -0.4 is 0 Å². The summed E-state index contributed by atoms with van der Waals surface area (Å²) < 4.78 is 18.4. The monoisotopic (exact) mass is 289 g/mol. The second-order valence-corrected chi connectivity index (χ2v) is 5.53. The molecule has 112 valence electrons. The first-order chi connectivity index (χ1) is 10.3. The molecule has 1 aromatic carbocycles. The topological polar surface area (TPSA) is 42.2 Å². The minimum Gasteiger partial charge on any atom is -0.338 e. The molecule has 1 aromatic heterocycles. The van der Waals surface area contributed by atoms with E-state index in [1.807, 2.05) is 12.1 Å². The van der Waals surface area contributed by atoms with Crippen LogP contribution >= 0.6 is 0 Å². The predicted molar refractivity (Wildman–Crippen MR) is 77.1 cm³/mol. The molecule has 0 aliphatic carbocycles. The molecule has 1 unspecified atom stereocenters. The van der Waals surface area contributed by atoms with Gasteiger partial charge in [0.25, 0.3) is 0 Å². The van der Waals surface area contributed by atoms with Gasteiger partial charge in [-0.25, -0.2) is 4.39 Å². The van der Waals surface area contributed by atoms with E-state index in [-0.39, 0.29) is 5.82 Å². The first kappa shape index (κ1) is 14.2. The number of hydrogen-bond acceptors (Lipinski definition) is 4. The maximum absolute atomic E-state index is 13.0. The van der Waals surface area contributed by atoms with Gasteiger partial charge in [0.05, 0.1) is 6.54 Å². The number of rotatable bonds is 5. The Morgan fingerprint density at radius 1 is 1.33 bits per heavy atom. The summed E-state index contributed by atoms with van der Waals surface area (Å²) in [5.74, 6) is 1.27. The van der Waals surface area contributed by atoms with Crippen molar-refractivity contribution in [2.24, 2.45) is 0 Å². The molecule has 3 rings (SSSR count). The molecule has 2 aromatic rings. The number of aryl methyl sites for hydroxylation is 1. The van der Waals surface area contributed by atoms with E-state index in [0.717, 1.165) is 43.6 Å². The number of aromatic nitrogens is 2. The molecule has 2 heterocycles. The number of halogens is 1. The molecule has 1 atom stereocenters. The second-order valence-electron chi connectivity index (χ2n) is 5.53. The summed E-state index contributed by atoms with van der Waals surface area (Å²) in [6, 6.07) is 7.10. The third kappa shape index (κ3) is 3.29. The van der Waals surface area contributed by atoms with Crippen molar-refractivity contribution in [1.82, 2.24) is 15.0 Å². The fourth-order valence-electron chi connectivity index (χ4n) is 2.93. The lowest BCUT2D eigenvalue weighted by Gasteiger charge is -2.23. The van der Waals surface area contributed by atoms with E-state index in [2.05, 4.69) is 22.0 Å². The van der Waals surface area contributed by atoms with E-state index >= 15 is 0 Å².